The van der Waals surface area contributed by atoms with Crippen LogP contribution in [0.4, 0.5) is 0 Å². The molecular weight excluding hydrogens is 426 g/mol. The smallest absolute Gasteiger partial charge is 0.349 e. The molecule has 0 heterocycles. The quantitative estimate of drug-likeness (QED) is 0.521. The van der Waals surface area contributed by atoms with Gasteiger partial charge in [-0.25, -0.2) is 4.79 Å². The second kappa shape index (κ2) is 7.33. The third-order valence-electron chi connectivity index (χ3n) is 2.80. The van der Waals surface area contributed by atoms with Crippen LogP contribution in [0.3, 0.4) is 0 Å². The van der Waals surface area contributed by atoms with Crippen LogP contribution >= 0.6 is 45.8 Å². The van der Waals surface area contributed by atoms with Gasteiger partial charge in [-0.05, 0) is 29.8 Å². The maximum Gasteiger partial charge on any atom is 0.349 e. The van der Waals surface area contributed by atoms with Crippen LogP contribution in [-0.4, -0.2) is 11.1 Å². The van der Waals surface area contributed by atoms with Gasteiger partial charge in [0.05, 0.1) is 0 Å². The molecular formula is C15H11Cl2IO3. The van der Waals surface area contributed by atoms with Gasteiger partial charge in [-0.15, -0.1) is 0 Å². The molecule has 0 radical (unpaired) electrons. The lowest BCUT2D eigenvalue weighted by Gasteiger charge is -2.17. The van der Waals surface area contributed by atoms with E-state index in [1.54, 1.807) is 24.3 Å². The van der Waals surface area contributed by atoms with Crippen LogP contribution in [0.5, 0.6) is 5.75 Å². The van der Waals surface area contributed by atoms with E-state index >= 15 is 0 Å². The molecule has 0 saturated heterocycles. The first-order chi connectivity index (χ1) is 10.0. The van der Waals surface area contributed by atoms with Crippen molar-refractivity contribution in [2.24, 2.45) is 0 Å². The lowest BCUT2D eigenvalue weighted by atomic mass is 10.1. The van der Waals surface area contributed by atoms with Gasteiger partial charge >= 0.3 is 5.97 Å². The molecule has 0 aromatic heterocycles. The van der Waals surface area contributed by atoms with Gasteiger partial charge in [-0.2, -0.15) is 0 Å². The molecule has 0 aliphatic heterocycles. The van der Waals surface area contributed by atoms with E-state index in [1.165, 1.54) is 6.07 Å². The number of aliphatic carboxylic acids is 1. The van der Waals surface area contributed by atoms with E-state index in [4.69, 9.17) is 27.9 Å². The summed E-state index contributed by atoms with van der Waals surface area (Å²) in [6.07, 6.45) is -1.18. The Morgan fingerprint density at radius 2 is 1.86 bits per heavy atom. The highest BCUT2D eigenvalue weighted by molar-refractivity contribution is 14.1. The molecule has 3 nitrogen and oxygen atoms in total. The highest BCUT2D eigenvalue weighted by atomic mass is 127. The summed E-state index contributed by atoms with van der Waals surface area (Å²) in [6.45, 7) is 0. The zero-order chi connectivity index (χ0) is 15.4. The topological polar surface area (TPSA) is 46.5 Å². The number of ether oxygens (including phenoxy) is 1. The molecule has 0 saturated carbocycles. The Bertz CT molecular complexity index is 644. The Balaban J connectivity index is 2.28. The first kappa shape index (κ1) is 16.4. The Labute approximate surface area is 146 Å². The van der Waals surface area contributed by atoms with Crippen molar-refractivity contribution in [1.82, 2.24) is 0 Å². The lowest BCUT2D eigenvalue weighted by Crippen LogP contribution is -2.18. The van der Waals surface area contributed by atoms with Crippen LogP contribution in [-0.2, 0) is 9.22 Å². The van der Waals surface area contributed by atoms with Gasteiger partial charge in [0.2, 0.25) is 6.10 Å². The summed E-state index contributed by atoms with van der Waals surface area (Å²) in [5.74, 6) is -0.640. The molecule has 2 aromatic carbocycles. The van der Waals surface area contributed by atoms with E-state index in [1.807, 2.05) is 12.1 Å². The molecule has 6 heteroatoms. The standard InChI is InChI=1S/C15H11Cl2IO3/c16-10-3-6-12(13(17)7-10)14(15(19)20)21-11-4-1-9(8-18)2-5-11/h1-7,14H,8H2,(H,19,20). The number of carboxylic acid groups (broad SMARTS) is 1. The first-order valence-electron chi connectivity index (χ1n) is 6.00. The summed E-state index contributed by atoms with van der Waals surface area (Å²) in [7, 11) is 0. The van der Waals surface area contributed by atoms with Crippen molar-refractivity contribution in [3.05, 3.63) is 63.6 Å². The van der Waals surface area contributed by atoms with E-state index in [9.17, 15) is 9.90 Å². The van der Waals surface area contributed by atoms with Gasteiger partial charge in [-0.1, -0.05) is 64.0 Å². The number of halogens is 3. The van der Waals surface area contributed by atoms with Crippen molar-refractivity contribution in [2.45, 2.75) is 10.5 Å². The number of benzene rings is 2. The van der Waals surface area contributed by atoms with Crippen LogP contribution in [0.15, 0.2) is 42.5 Å². The van der Waals surface area contributed by atoms with Gasteiger partial charge in [-0.3, -0.25) is 0 Å². The largest absolute Gasteiger partial charge is 0.478 e. The van der Waals surface area contributed by atoms with Crippen LogP contribution in [0.25, 0.3) is 0 Å². The number of alkyl halides is 1. The fourth-order valence-electron chi connectivity index (χ4n) is 1.75. The zero-order valence-electron chi connectivity index (χ0n) is 10.7. The Morgan fingerprint density at radius 1 is 1.19 bits per heavy atom. The summed E-state index contributed by atoms with van der Waals surface area (Å²) in [4.78, 5) is 11.4. The molecule has 0 aliphatic rings. The Morgan fingerprint density at radius 3 is 2.38 bits per heavy atom. The summed E-state index contributed by atoms with van der Waals surface area (Å²) in [5.41, 5.74) is 1.51. The van der Waals surface area contributed by atoms with Crippen molar-refractivity contribution >= 4 is 51.8 Å². The van der Waals surface area contributed by atoms with E-state index in [0.29, 0.717) is 16.3 Å². The van der Waals surface area contributed by atoms with Gasteiger partial charge < -0.3 is 9.84 Å². The Kier molecular flexibility index (Phi) is 5.72. The maximum atomic E-state index is 11.4. The molecule has 1 atom stereocenters. The summed E-state index contributed by atoms with van der Waals surface area (Å²) in [6, 6.07) is 11.9. The normalized spacial score (nSPS) is 12.0. The molecule has 110 valence electrons. The molecule has 2 aromatic rings. The van der Waals surface area contributed by atoms with Crippen LogP contribution in [0.1, 0.15) is 17.2 Å². The third kappa shape index (κ3) is 4.25. The first-order valence-corrected chi connectivity index (χ1v) is 8.28. The SMILES string of the molecule is O=C(O)C(Oc1ccc(CI)cc1)c1ccc(Cl)cc1Cl. The predicted octanol–water partition coefficient (Wildman–Crippen LogP) is 5.13. The minimum absolute atomic E-state index is 0.263. The van der Waals surface area contributed by atoms with E-state index in [0.717, 1.165) is 9.99 Å². The van der Waals surface area contributed by atoms with Gasteiger partial charge in [0.15, 0.2) is 0 Å². The van der Waals surface area contributed by atoms with Crippen molar-refractivity contribution < 1.29 is 14.6 Å². The highest BCUT2D eigenvalue weighted by Crippen LogP contribution is 2.30. The summed E-state index contributed by atoms with van der Waals surface area (Å²) in [5, 5.41) is 10.1. The highest BCUT2D eigenvalue weighted by Gasteiger charge is 2.24. The maximum absolute atomic E-state index is 11.4. The fourth-order valence-corrected chi connectivity index (χ4v) is 2.77. The Hall–Kier alpha value is -0.980. The van der Waals surface area contributed by atoms with E-state index in [-0.39, 0.29) is 5.02 Å². The lowest BCUT2D eigenvalue weighted by molar-refractivity contribution is -0.145. The zero-order valence-corrected chi connectivity index (χ0v) is 14.4. The minimum Gasteiger partial charge on any atom is -0.478 e. The van der Waals surface area contributed by atoms with Crippen LogP contribution < -0.4 is 4.74 Å². The number of rotatable bonds is 5. The predicted molar refractivity (Wildman–Crippen MR) is 91.6 cm³/mol. The van der Waals surface area contributed by atoms with Crippen molar-refractivity contribution in [3.63, 3.8) is 0 Å². The molecule has 0 fully saturated rings. The fraction of sp³-hybridized carbons (Fsp3) is 0.133. The van der Waals surface area contributed by atoms with Gasteiger partial charge in [0.25, 0.3) is 0 Å². The minimum atomic E-state index is -1.18. The van der Waals surface area contributed by atoms with Crippen molar-refractivity contribution in [3.8, 4) is 5.75 Å². The second-order valence-corrected chi connectivity index (χ2v) is 5.89. The van der Waals surface area contributed by atoms with E-state index < -0.39 is 12.1 Å². The molecule has 1 N–H and O–H groups in total. The van der Waals surface area contributed by atoms with E-state index in [2.05, 4.69) is 22.6 Å². The molecule has 2 rings (SSSR count). The molecule has 0 spiro atoms. The number of hydrogen-bond acceptors (Lipinski definition) is 2. The number of carbonyl (C=O) groups is 1. The molecule has 0 amide bonds. The van der Waals surface area contributed by atoms with Crippen molar-refractivity contribution in [2.75, 3.05) is 0 Å². The molecule has 21 heavy (non-hydrogen) atoms. The molecule has 0 aliphatic carbocycles. The molecule has 0 bridgehead atoms. The molecule has 1 unspecified atom stereocenters. The average Bonchev–Trinajstić information content (AvgIpc) is 2.46. The van der Waals surface area contributed by atoms with Crippen LogP contribution in [0.2, 0.25) is 10.0 Å². The van der Waals surface area contributed by atoms with Crippen molar-refractivity contribution in [1.29, 1.82) is 0 Å². The van der Waals surface area contributed by atoms with Gasteiger partial charge in [0, 0.05) is 20.0 Å². The summed E-state index contributed by atoms with van der Waals surface area (Å²) >= 11 is 14.1. The number of hydrogen-bond donors (Lipinski definition) is 1. The second-order valence-electron chi connectivity index (χ2n) is 4.28. The third-order valence-corrected chi connectivity index (χ3v) is 4.24. The monoisotopic (exact) mass is 436 g/mol. The number of carboxylic acids is 1. The average molecular weight is 437 g/mol. The summed E-state index contributed by atoms with van der Waals surface area (Å²) < 4.78 is 6.43. The van der Waals surface area contributed by atoms with Crippen LogP contribution in [0, 0.1) is 0 Å². The van der Waals surface area contributed by atoms with Gasteiger partial charge in [0.1, 0.15) is 5.75 Å².